The predicted molar refractivity (Wildman–Crippen MR) is 96.8 cm³/mol. The normalized spacial score (nSPS) is 19.8. The molecule has 0 atom stereocenters. The first kappa shape index (κ1) is 17.9. The summed E-state index contributed by atoms with van der Waals surface area (Å²) in [4.78, 5) is 4.44. The van der Waals surface area contributed by atoms with E-state index in [1.54, 1.807) is 17.1 Å². The highest BCUT2D eigenvalue weighted by molar-refractivity contribution is 7.90. The average Bonchev–Trinajstić information content (AvgIpc) is 3.25. The average molecular weight is 364 g/mol. The molecule has 1 spiro atoms. The summed E-state index contributed by atoms with van der Waals surface area (Å²) in [5, 5.41) is 15.2. The van der Waals surface area contributed by atoms with Gasteiger partial charge in [-0.05, 0) is 37.5 Å². The lowest BCUT2D eigenvalue weighted by Crippen LogP contribution is -2.42. The smallest absolute Gasteiger partial charge is 0.264 e. The largest absolute Gasteiger partial charge is 0.392 e. The van der Waals surface area contributed by atoms with Crippen LogP contribution >= 0.6 is 0 Å². The van der Waals surface area contributed by atoms with Crippen LogP contribution in [0.4, 0.5) is 0 Å². The van der Waals surface area contributed by atoms with E-state index >= 15 is 0 Å². The number of guanidine groups is 1. The van der Waals surface area contributed by atoms with Crippen LogP contribution in [0.1, 0.15) is 38.2 Å². The summed E-state index contributed by atoms with van der Waals surface area (Å²) in [6, 6.07) is 6.13. The number of hydrogen-bond donors (Lipinski definition) is 2. The molecule has 0 aromatic heterocycles. The number of rotatable bonds is 4. The summed E-state index contributed by atoms with van der Waals surface area (Å²) in [6.45, 7) is 2.86. The standard InChI is InChI=1S/C17H24N4O3S/c1-2-18-16(21-13-17(12-19-21)9-3-4-10-17)20-25(23,24)15-7-5-14(11-22)6-8-15/h5-8,12,22H,2-4,9-11,13H2,1H3,(H,18,20). The minimum absolute atomic E-state index is 0.0583. The van der Waals surface area contributed by atoms with Crippen molar-refractivity contribution in [1.82, 2.24) is 9.73 Å². The summed E-state index contributed by atoms with van der Waals surface area (Å²) in [6.07, 6.45) is 6.49. The van der Waals surface area contributed by atoms with Crippen molar-refractivity contribution < 1.29 is 13.5 Å². The highest BCUT2D eigenvalue weighted by atomic mass is 32.2. The number of nitrogens with one attached hydrogen (secondary N) is 1. The second kappa shape index (κ2) is 7.13. The van der Waals surface area contributed by atoms with Crippen LogP contribution in [-0.2, 0) is 16.6 Å². The molecule has 1 heterocycles. The van der Waals surface area contributed by atoms with Gasteiger partial charge in [-0.3, -0.25) is 4.99 Å². The Morgan fingerprint density at radius 2 is 2.00 bits per heavy atom. The first-order valence-electron chi connectivity index (χ1n) is 8.58. The molecule has 1 fully saturated rings. The molecular weight excluding hydrogens is 340 g/mol. The zero-order valence-corrected chi connectivity index (χ0v) is 15.2. The van der Waals surface area contributed by atoms with Crippen LogP contribution in [0.5, 0.6) is 0 Å². The summed E-state index contributed by atoms with van der Waals surface area (Å²) >= 11 is 0. The fourth-order valence-corrected chi connectivity index (χ4v) is 4.36. The van der Waals surface area contributed by atoms with Crippen LogP contribution in [0.2, 0.25) is 0 Å². The summed E-state index contributed by atoms with van der Waals surface area (Å²) in [5.41, 5.74) is 0.719. The Kier molecular flexibility index (Phi) is 5.10. The number of benzene rings is 1. The Morgan fingerprint density at radius 1 is 1.32 bits per heavy atom. The van der Waals surface area contributed by atoms with E-state index < -0.39 is 10.0 Å². The Balaban J connectivity index is 1.77. The molecule has 2 aliphatic rings. The molecular formula is C17H24N4O3S. The van der Waals surface area contributed by atoms with E-state index in [1.165, 1.54) is 25.0 Å². The van der Waals surface area contributed by atoms with Crippen LogP contribution in [-0.4, -0.2) is 43.8 Å². The number of aliphatic hydroxyl groups excluding tert-OH is 1. The number of hydrazone groups is 1. The van der Waals surface area contributed by atoms with Gasteiger partial charge in [0, 0.05) is 18.2 Å². The number of sulfonamides is 1. The van der Waals surface area contributed by atoms with Crippen molar-refractivity contribution in [2.75, 3.05) is 13.1 Å². The molecule has 0 unspecified atom stereocenters. The van der Waals surface area contributed by atoms with Crippen LogP contribution in [0.25, 0.3) is 0 Å². The second-order valence-corrected chi connectivity index (χ2v) is 8.26. The summed E-state index contributed by atoms with van der Waals surface area (Å²) in [5.74, 6) is 0.258. The van der Waals surface area contributed by atoms with Gasteiger partial charge in [0.15, 0.2) is 0 Å². The van der Waals surface area contributed by atoms with Crippen LogP contribution in [0, 0.1) is 5.41 Å². The first-order chi connectivity index (χ1) is 12.0. The van der Waals surface area contributed by atoms with Gasteiger partial charge in [0.05, 0.1) is 18.0 Å². The fourth-order valence-electron chi connectivity index (χ4n) is 3.34. The van der Waals surface area contributed by atoms with Crippen molar-refractivity contribution >= 4 is 22.2 Å². The maximum Gasteiger partial charge on any atom is 0.264 e. The van der Waals surface area contributed by atoms with Crippen molar-refractivity contribution in [3.05, 3.63) is 29.8 Å². The van der Waals surface area contributed by atoms with Crippen LogP contribution in [0.15, 0.2) is 39.3 Å². The van der Waals surface area contributed by atoms with Crippen molar-refractivity contribution in [2.45, 2.75) is 44.1 Å². The van der Waals surface area contributed by atoms with Gasteiger partial charge in [-0.25, -0.2) is 18.1 Å². The lowest BCUT2D eigenvalue weighted by molar-refractivity contribution is 0.282. The third kappa shape index (κ3) is 3.85. The topological polar surface area (TPSA) is 94.4 Å². The summed E-state index contributed by atoms with van der Waals surface area (Å²) < 4.78 is 27.9. The van der Waals surface area contributed by atoms with Crippen molar-refractivity contribution in [2.24, 2.45) is 15.5 Å². The first-order valence-corrected chi connectivity index (χ1v) is 10.1. The Bertz CT molecular complexity index is 766. The monoisotopic (exact) mass is 364 g/mol. The quantitative estimate of drug-likeness (QED) is 0.628. The maximum atomic E-state index is 12.7. The molecule has 2 N–H and O–H groups in total. The maximum absolute atomic E-state index is 12.7. The molecule has 1 saturated carbocycles. The Hall–Kier alpha value is -1.93. The molecule has 3 rings (SSSR count). The van der Waals surface area contributed by atoms with Crippen molar-refractivity contribution in [3.8, 4) is 0 Å². The molecule has 7 nitrogen and oxygen atoms in total. The van der Waals surface area contributed by atoms with Gasteiger partial charge in [-0.1, -0.05) is 25.0 Å². The van der Waals surface area contributed by atoms with E-state index in [9.17, 15) is 8.42 Å². The third-order valence-corrected chi connectivity index (χ3v) is 6.07. The molecule has 0 bridgehead atoms. The van der Waals surface area contributed by atoms with E-state index in [4.69, 9.17) is 5.11 Å². The molecule has 1 aliphatic heterocycles. The minimum atomic E-state index is -3.76. The Labute approximate surface area is 148 Å². The molecule has 8 heteroatoms. The summed E-state index contributed by atoms with van der Waals surface area (Å²) in [7, 11) is -3.76. The molecule has 25 heavy (non-hydrogen) atoms. The number of nitrogens with zero attached hydrogens (tertiary/aromatic N) is 3. The highest BCUT2D eigenvalue weighted by Crippen LogP contribution is 2.40. The van der Waals surface area contributed by atoms with Gasteiger partial charge < -0.3 is 5.11 Å². The van der Waals surface area contributed by atoms with Gasteiger partial charge in [0.1, 0.15) is 0 Å². The predicted octanol–water partition coefficient (Wildman–Crippen LogP) is 1.69. The number of hydrogen-bond acceptors (Lipinski definition) is 5. The second-order valence-electron chi connectivity index (χ2n) is 6.58. The molecule has 1 aromatic carbocycles. The van der Waals surface area contributed by atoms with Gasteiger partial charge in [0.25, 0.3) is 10.0 Å². The fraction of sp³-hybridized carbons (Fsp3) is 0.529. The van der Waals surface area contributed by atoms with Crippen molar-refractivity contribution in [1.29, 1.82) is 0 Å². The van der Waals surface area contributed by atoms with Crippen LogP contribution in [0.3, 0.4) is 0 Å². The Morgan fingerprint density at radius 3 is 2.60 bits per heavy atom. The van der Waals surface area contributed by atoms with Gasteiger partial charge in [-0.15, -0.1) is 0 Å². The number of aliphatic hydroxyl groups is 1. The van der Waals surface area contributed by atoms with E-state index in [1.807, 2.05) is 13.1 Å². The van der Waals surface area contributed by atoms with E-state index in [0.29, 0.717) is 18.7 Å². The van der Waals surface area contributed by atoms with Gasteiger partial charge >= 0.3 is 0 Å². The van der Waals surface area contributed by atoms with Crippen LogP contribution < -0.4 is 4.72 Å². The zero-order chi connectivity index (χ0) is 17.9. The minimum Gasteiger partial charge on any atom is -0.392 e. The van der Waals surface area contributed by atoms with E-state index in [0.717, 1.165) is 12.8 Å². The van der Waals surface area contributed by atoms with Gasteiger partial charge in [-0.2, -0.15) is 5.10 Å². The molecule has 0 radical (unpaired) electrons. The van der Waals surface area contributed by atoms with E-state index in [2.05, 4.69) is 14.8 Å². The lowest BCUT2D eigenvalue weighted by atomic mass is 9.88. The molecule has 0 saturated heterocycles. The molecule has 0 amide bonds. The lowest BCUT2D eigenvalue weighted by Gasteiger charge is -2.23. The molecule has 136 valence electrons. The SMILES string of the molecule is CCN=C(NS(=O)(=O)c1ccc(CO)cc1)N1CC2(C=N1)CCCC2. The zero-order valence-electron chi connectivity index (χ0n) is 14.4. The molecule has 1 aromatic rings. The van der Waals surface area contributed by atoms with Crippen molar-refractivity contribution in [3.63, 3.8) is 0 Å². The van der Waals surface area contributed by atoms with Gasteiger partial charge in [0.2, 0.25) is 5.96 Å². The van der Waals surface area contributed by atoms with E-state index in [-0.39, 0.29) is 22.9 Å². The third-order valence-electron chi connectivity index (χ3n) is 4.73. The highest BCUT2D eigenvalue weighted by Gasteiger charge is 2.39. The number of aliphatic imine (C=N–C) groups is 1. The molecule has 1 aliphatic carbocycles.